The highest BCUT2D eigenvalue weighted by molar-refractivity contribution is 5.12. The molecule has 0 heterocycles. The lowest BCUT2D eigenvalue weighted by Crippen LogP contribution is -2.52. The van der Waals surface area contributed by atoms with Gasteiger partial charge >= 0.3 is 0 Å². The summed E-state index contributed by atoms with van der Waals surface area (Å²) < 4.78 is 24.6. The van der Waals surface area contributed by atoms with Crippen molar-refractivity contribution in [2.24, 2.45) is 16.7 Å². The molecule has 0 aromatic rings. The summed E-state index contributed by atoms with van der Waals surface area (Å²) in [4.78, 5) is 0. The lowest BCUT2D eigenvalue weighted by atomic mass is 9.68. The summed E-state index contributed by atoms with van der Waals surface area (Å²) in [6, 6.07) is 0.238. The fourth-order valence-corrected chi connectivity index (χ4v) is 4.14. The van der Waals surface area contributed by atoms with E-state index in [4.69, 9.17) is 0 Å². The lowest BCUT2D eigenvalue weighted by Gasteiger charge is -2.43. The van der Waals surface area contributed by atoms with Gasteiger partial charge in [-0.15, -0.1) is 0 Å². The molecule has 4 heteroatoms. The van der Waals surface area contributed by atoms with E-state index in [-0.39, 0.29) is 23.4 Å². The highest BCUT2D eigenvalue weighted by atomic mass is 19.3. The molecular formula is C13H23F2NO. The quantitative estimate of drug-likeness (QED) is 0.799. The zero-order valence-electron chi connectivity index (χ0n) is 10.8. The summed E-state index contributed by atoms with van der Waals surface area (Å²) in [7, 11) is 0. The van der Waals surface area contributed by atoms with Crippen LogP contribution < -0.4 is 5.32 Å². The number of hydrogen-bond acceptors (Lipinski definition) is 2. The second kappa shape index (κ2) is 4.16. The molecule has 2 fully saturated rings. The van der Waals surface area contributed by atoms with E-state index in [1.807, 2.05) is 0 Å². The molecule has 2 rings (SSSR count). The first kappa shape index (κ1) is 13.2. The molecule has 2 N–H and O–H groups in total. The minimum Gasteiger partial charge on any atom is -0.386 e. The van der Waals surface area contributed by atoms with Crippen molar-refractivity contribution in [1.29, 1.82) is 0 Å². The third-order valence-corrected chi connectivity index (χ3v) is 5.09. The van der Waals surface area contributed by atoms with Crippen LogP contribution in [0.5, 0.6) is 0 Å². The van der Waals surface area contributed by atoms with Gasteiger partial charge in [0.25, 0.3) is 6.43 Å². The van der Waals surface area contributed by atoms with Crippen LogP contribution >= 0.6 is 0 Å². The highest BCUT2D eigenvalue weighted by Gasteiger charge is 2.59. The van der Waals surface area contributed by atoms with Crippen LogP contribution in [0.1, 0.15) is 40.0 Å². The molecule has 0 amide bonds. The van der Waals surface area contributed by atoms with Gasteiger partial charge in [-0.05, 0) is 36.0 Å². The van der Waals surface area contributed by atoms with Crippen LogP contribution in [-0.2, 0) is 0 Å². The number of halogens is 2. The first-order valence-corrected chi connectivity index (χ1v) is 6.47. The van der Waals surface area contributed by atoms with Gasteiger partial charge in [-0.2, -0.15) is 0 Å². The number of rotatable bonds is 4. The first-order valence-electron chi connectivity index (χ1n) is 6.47. The monoisotopic (exact) mass is 247 g/mol. The fourth-order valence-electron chi connectivity index (χ4n) is 4.14. The minimum absolute atomic E-state index is 0.00588. The van der Waals surface area contributed by atoms with E-state index in [1.165, 1.54) is 19.3 Å². The normalized spacial score (nSPS) is 41.1. The van der Waals surface area contributed by atoms with E-state index < -0.39 is 12.5 Å². The number of alkyl halides is 2. The summed E-state index contributed by atoms with van der Waals surface area (Å²) >= 11 is 0. The Morgan fingerprint density at radius 3 is 2.47 bits per heavy atom. The van der Waals surface area contributed by atoms with Crippen molar-refractivity contribution in [3.05, 3.63) is 0 Å². The van der Waals surface area contributed by atoms with Gasteiger partial charge in [0, 0.05) is 12.6 Å². The van der Waals surface area contributed by atoms with Crippen molar-refractivity contribution in [3.63, 3.8) is 0 Å². The van der Waals surface area contributed by atoms with Gasteiger partial charge in [0.2, 0.25) is 0 Å². The van der Waals surface area contributed by atoms with Gasteiger partial charge in [-0.3, -0.25) is 0 Å². The first-order chi connectivity index (χ1) is 7.77. The predicted octanol–water partition coefficient (Wildman–Crippen LogP) is 2.42. The third kappa shape index (κ3) is 2.10. The van der Waals surface area contributed by atoms with Gasteiger partial charge in [-0.25, -0.2) is 8.78 Å². The standard InChI is InChI=1S/C13H23F2NO/c1-12(2)8-4-5-13(3,6-8)11(12)16-7-9(17)10(14)15/h8-11,16-17H,4-7H2,1-3H3. The molecule has 17 heavy (non-hydrogen) atoms. The van der Waals surface area contributed by atoms with Gasteiger partial charge in [0.1, 0.15) is 6.10 Å². The summed E-state index contributed by atoms with van der Waals surface area (Å²) in [6.45, 7) is 6.67. The molecule has 0 saturated heterocycles. The predicted molar refractivity (Wildman–Crippen MR) is 63.0 cm³/mol. The van der Waals surface area contributed by atoms with Gasteiger partial charge in [-0.1, -0.05) is 20.8 Å². The molecule has 4 atom stereocenters. The van der Waals surface area contributed by atoms with Crippen molar-refractivity contribution >= 4 is 0 Å². The molecule has 0 aromatic carbocycles. The number of aliphatic hydroxyl groups excluding tert-OH is 1. The molecular weight excluding hydrogens is 224 g/mol. The van der Waals surface area contributed by atoms with E-state index in [2.05, 4.69) is 26.1 Å². The van der Waals surface area contributed by atoms with Crippen LogP contribution in [0.25, 0.3) is 0 Å². The minimum atomic E-state index is -2.66. The molecule has 4 unspecified atom stereocenters. The maximum Gasteiger partial charge on any atom is 0.265 e. The Morgan fingerprint density at radius 1 is 1.35 bits per heavy atom. The van der Waals surface area contributed by atoms with Crippen molar-refractivity contribution in [2.75, 3.05) is 6.54 Å². The fraction of sp³-hybridized carbons (Fsp3) is 1.00. The maximum absolute atomic E-state index is 12.3. The number of aliphatic hydroxyl groups is 1. The van der Waals surface area contributed by atoms with Crippen LogP contribution in [0, 0.1) is 16.7 Å². The smallest absolute Gasteiger partial charge is 0.265 e. The van der Waals surface area contributed by atoms with Crippen LogP contribution in [0.2, 0.25) is 0 Å². The van der Waals surface area contributed by atoms with Crippen molar-refractivity contribution < 1.29 is 13.9 Å². The molecule has 0 aromatic heterocycles. The summed E-state index contributed by atoms with van der Waals surface area (Å²) in [5.74, 6) is 0.689. The third-order valence-electron chi connectivity index (χ3n) is 5.09. The van der Waals surface area contributed by atoms with Crippen LogP contribution in [0.4, 0.5) is 8.78 Å². The second-order valence-corrected chi connectivity index (χ2v) is 6.66. The summed E-state index contributed by atoms with van der Waals surface area (Å²) in [5.41, 5.74) is 0.366. The van der Waals surface area contributed by atoms with Crippen LogP contribution in [-0.4, -0.2) is 30.2 Å². The molecule has 2 nitrogen and oxygen atoms in total. The van der Waals surface area contributed by atoms with Gasteiger partial charge < -0.3 is 10.4 Å². The lowest BCUT2D eigenvalue weighted by molar-refractivity contribution is -0.0118. The highest BCUT2D eigenvalue weighted by Crippen LogP contribution is 2.62. The zero-order valence-corrected chi connectivity index (χ0v) is 10.8. The summed E-state index contributed by atoms with van der Waals surface area (Å²) in [6.07, 6.45) is -0.601. The van der Waals surface area contributed by atoms with E-state index in [0.717, 1.165) is 0 Å². The number of fused-ring (bicyclic) bond motifs is 2. The SMILES string of the molecule is CC12CCC(C1)C(C)(C)C2NCC(O)C(F)F. The van der Waals surface area contributed by atoms with Gasteiger partial charge in [0.05, 0.1) is 0 Å². The Labute approximate surface area is 102 Å². The van der Waals surface area contributed by atoms with Crippen molar-refractivity contribution in [1.82, 2.24) is 5.32 Å². The molecule has 0 aliphatic heterocycles. The van der Waals surface area contributed by atoms with E-state index in [0.29, 0.717) is 5.92 Å². The summed E-state index contributed by atoms with van der Waals surface area (Å²) in [5, 5.41) is 12.4. The molecule has 2 bridgehead atoms. The maximum atomic E-state index is 12.3. The van der Waals surface area contributed by atoms with Crippen molar-refractivity contribution in [2.45, 2.75) is 58.6 Å². The number of hydrogen-bond donors (Lipinski definition) is 2. The van der Waals surface area contributed by atoms with Crippen molar-refractivity contribution in [3.8, 4) is 0 Å². The van der Waals surface area contributed by atoms with Crippen LogP contribution in [0.15, 0.2) is 0 Å². The van der Waals surface area contributed by atoms with Gasteiger partial charge in [0.15, 0.2) is 0 Å². The molecule has 2 aliphatic carbocycles. The molecule has 0 spiro atoms. The van der Waals surface area contributed by atoms with Crippen LogP contribution in [0.3, 0.4) is 0 Å². The topological polar surface area (TPSA) is 32.3 Å². The molecule has 2 saturated carbocycles. The van der Waals surface area contributed by atoms with E-state index in [1.54, 1.807) is 0 Å². The Kier molecular flexibility index (Phi) is 3.24. The zero-order chi connectivity index (χ0) is 12.8. The van der Waals surface area contributed by atoms with E-state index in [9.17, 15) is 13.9 Å². The Bertz CT molecular complexity index is 290. The molecule has 100 valence electrons. The Balaban J connectivity index is 2.00. The Morgan fingerprint density at radius 2 is 2.00 bits per heavy atom. The number of nitrogens with one attached hydrogen (secondary N) is 1. The second-order valence-electron chi connectivity index (χ2n) is 6.66. The molecule has 0 radical (unpaired) electrons. The largest absolute Gasteiger partial charge is 0.386 e. The average molecular weight is 247 g/mol. The average Bonchev–Trinajstić information content (AvgIpc) is 2.68. The van der Waals surface area contributed by atoms with E-state index >= 15 is 0 Å². The molecule has 2 aliphatic rings. The Hall–Kier alpha value is -0.220.